The van der Waals surface area contributed by atoms with E-state index in [4.69, 9.17) is 4.74 Å². The fourth-order valence-electron chi connectivity index (χ4n) is 3.17. The van der Waals surface area contributed by atoms with E-state index in [0.29, 0.717) is 19.1 Å². The molecule has 1 spiro atoms. The van der Waals surface area contributed by atoms with Crippen LogP contribution in [0.4, 0.5) is 0 Å². The lowest BCUT2D eigenvalue weighted by molar-refractivity contribution is -0.0731. The predicted octanol–water partition coefficient (Wildman–Crippen LogP) is 0.943. The maximum Gasteiger partial charge on any atom is 0.0869 e. The molecule has 0 saturated carbocycles. The quantitative estimate of drug-likeness (QED) is 0.788. The zero-order valence-corrected chi connectivity index (χ0v) is 13.3. The van der Waals surface area contributed by atoms with Crippen LogP contribution < -0.4 is 5.32 Å². The summed E-state index contributed by atoms with van der Waals surface area (Å²) >= 11 is 2.00. The van der Waals surface area contributed by atoms with Gasteiger partial charge in [-0.05, 0) is 46.0 Å². The number of likely N-dealkylation sites (N-methyl/N-ethyl adjacent to an activating group) is 1. The smallest absolute Gasteiger partial charge is 0.0869 e. The normalized spacial score (nSPS) is 34.9. The molecule has 19 heavy (non-hydrogen) atoms. The number of nitrogens with zero attached hydrogens (tertiary/aromatic N) is 1. The van der Waals surface area contributed by atoms with Crippen molar-refractivity contribution in [1.29, 1.82) is 0 Å². The van der Waals surface area contributed by atoms with Gasteiger partial charge in [-0.2, -0.15) is 11.8 Å². The Bertz CT molecular complexity index is 291. The Morgan fingerprint density at radius 1 is 1.53 bits per heavy atom. The molecule has 2 N–H and O–H groups in total. The van der Waals surface area contributed by atoms with E-state index in [1.165, 1.54) is 12.2 Å². The van der Waals surface area contributed by atoms with E-state index in [1.54, 1.807) is 0 Å². The van der Waals surface area contributed by atoms with Crippen LogP contribution in [0.1, 0.15) is 26.2 Å². The molecule has 0 aliphatic carbocycles. The van der Waals surface area contributed by atoms with Gasteiger partial charge in [0.25, 0.3) is 0 Å². The van der Waals surface area contributed by atoms with E-state index >= 15 is 0 Å². The summed E-state index contributed by atoms with van der Waals surface area (Å²) in [5.41, 5.74) is -0.548. The third kappa shape index (κ3) is 4.60. The van der Waals surface area contributed by atoms with Crippen LogP contribution in [0, 0.1) is 0 Å². The topological polar surface area (TPSA) is 44.7 Å². The van der Waals surface area contributed by atoms with Crippen LogP contribution in [0.15, 0.2) is 0 Å². The summed E-state index contributed by atoms with van der Waals surface area (Å²) in [5.74, 6) is 2.37. The third-order valence-corrected chi connectivity index (χ3v) is 5.21. The predicted molar refractivity (Wildman–Crippen MR) is 80.8 cm³/mol. The maximum absolute atomic E-state index is 10.3. The molecule has 2 aliphatic heterocycles. The van der Waals surface area contributed by atoms with Gasteiger partial charge in [0, 0.05) is 31.5 Å². The number of rotatable bonds is 5. The highest BCUT2D eigenvalue weighted by molar-refractivity contribution is 7.99. The summed E-state index contributed by atoms with van der Waals surface area (Å²) in [6.07, 6.45) is 3.34. The number of nitrogens with one attached hydrogen (secondary N) is 1. The number of hydrogen-bond acceptors (Lipinski definition) is 5. The lowest BCUT2D eigenvalue weighted by Gasteiger charge is -2.39. The monoisotopic (exact) mass is 288 g/mol. The molecule has 3 atom stereocenters. The van der Waals surface area contributed by atoms with Crippen molar-refractivity contribution in [3.63, 3.8) is 0 Å². The van der Waals surface area contributed by atoms with E-state index in [9.17, 15) is 5.11 Å². The van der Waals surface area contributed by atoms with Crippen molar-refractivity contribution in [3.05, 3.63) is 0 Å². The Labute approximate surface area is 121 Å². The van der Waals surface area contributed by atoms with E-state index < -0.39 is 5.60 Å². The fraction of sp³-hybridized carbons (Fsp3) is 1.00. The molecule has 2 fully saturated rings. The summed E-state index contributed by atoms with van der Waals surface area (Å²) in [6.45, 7) is 4.10. The van der Waals surface area contributed by atoms with Gasteiger partial charge in [0.05, 0.1) is 11.2 Å². The molecule has 4 nitrogen and oxygen atoms in total. The molecule has 5 heteroatoms. The molecule has 2 heterocycles. The van der Waals surface area contributed by atoms with Crippen LogP contribution >= 0.6 is 11.8 Å². The minimum absolute atomic E-state index is 0.119. The molecule has 0 aromatic carbocycles. The molecular formula is C14H28N2O2S. The third-order valence-electron chi connectivity index (χ3n) is 3.99. The summed E-state index contributed by atoms with van der Waals surface area (Å²) in [6, 6.07) is 0.487. The van der Waals surface area contributed by atoms with Gasteiger partial charge in [-0.15, -0.1) is 0 Å². The summed E-state index contributed by atoms with van der Waals surface area (Å²) in [7, 11) is 3.99. The first-order chi connectivity index (χ1) is 8.91. The molecule has 112 valence electrons. The van der Waals surface area contributed by atoms with Gasteiger partial charge in [0.15, 0.2) is 0 Å². The van der Waals surface area contributed by atoms with E-state index in [0.717, 1.165) is 25.2 Å². The molecule has 0 radical (unpaired) electrons. The number of hydrogen-bond donors (Lipinski definition) is 2. The zero-order valence-electron chi connectivity index (χ0n) is 12.4. The highest BCUT2D eigenvalue weighted by atomic mass is 32.2. The first kappa shape index (κ1) is 15.6. The Morgan fingerprint density at radius 2 is 2.32 bits per heavy atom. The standard InChI is InChI=1S/C14H28N2O2S/c1-13(17,10-16(2)3)9-15-12-4-6-18-14(8-12)5-7-19-11-14/h12,15,17H,4-11H2,1-3H3. The van der Waals surface area contributed by atoms with Gasteiger partial charge in [0.1, 0.15) is 0 Å². The van der Waals surface area contributed by atoms with Gasteiger partial charge in [-0.3, -0.25) is 0 Å². The van der Waals surface area contributed by atoms with Crippen molar-refractivity contribution in [2.24, 2.45) is 0 Å². The zero-order chi connectivity index (χ0) is 13.9. The number of aliphatic hydroxyl groups is 1. The van der Waals surface area contributed by atoms with E-state index in [2.05, 4.69) is 5.32 Å². The average molecular weight is 288 g/mol. The lowest BCUT2D eigenvalue weighted by Crippen LogP contribution is -2.52. The van der Waals surface area contributed by atoms with Crippen molar-refractivity contribution in [2.45, 2.75) is 43.4 Å². The van der Waals surface area contributed by atoms with E-state index in [-0.39, 0.29) is 5.60 Å². The first-order valence-electron chi connectivity index (χ1n) is 7.23. The highest BCUT2D eigenvalue weighted by Crippen LogP contribution is 2.38. The highest BCUT2D eigenvalue weighted by Gasteiger charge is 2.40. The maximum atomic E-state index is 10.3. The Hall–Kier alpha value is 0.190. The minimum atomic E-state index is -0.667. The van der Waals surface area contributed by atoms with Crippen molar-refractivity contribution in [2.75, 3.05) is 45.3 Å². The van der Waals surface area contributed by atoms with Gasteiger partial charge < -0.3 is 20.1 Å². The SMILES string of the molecule is CN(C)CC(C)(O)CNC1CCOC2(CCSC2)C1. The molecule has 0 amide bonds. The largest absolute Gasteiger partial charge is 0.388 e. The first-order valence-corrected chi connectivity index (χ1v) is 8.39. The van der Waals surface area contributed by atoms with Crippen LogP contribution in [0.2, 0.25) is 0 Å². The van der Waals surface area contributed by atoms with Gasteiger partial charge in [-0.1, -0.05) is 0 Å². The average Bonchev–Trinajstić information content (AvgIpc) is 2.73. The van der Waals surface area contributed by atoms with Crippen molar-refractivity contribution >= 4 is 11.8 Å². The van der Waals surface area contributed by atoms with Gasteiger partial charge in [-0.25, -0.2) is 0 Å². The number of thioether (sulfide) groups is 1. The summed E-state index contributed by atoms with van der Waals surface area (Å²) in [4.78, 5) is 2.03. The second kappa shape index (κ2) is 6.31. The Kier molecular flexibility index (Phi) is 5.17. The van der Waals surface area contributed by atoms with Crippen LogP contribution in [0.5, 0.6) is 0 Å². The van der Waals surface area contributed by atoms with Crippen LogP contribution in [0.3, 0.4) is 0 Å². The Balaban J connectivity index is 1.79. The molecule has 2 rings (SSSR count). The van der Waals surface area contributed by atoms with Crippen molar-refractivity contribution < 1.29 is 9.84 Å². The van der Waals surface area contributed by atoms with Crippen LogP contribution in [0.25, 0.3) is 0 Å². The second-order valence-corrected chi connectivity index (χ2v) is 7.74. The van der Waals surface area contributed by atoms with Crippen molar-refractivity contribution in [1.82, 2.24) is 10.2 Å². The van der Waals surface area contributed by atoms with Crippen LogP contribution in [-0.2, 0) is 4.74 Å². The fourth-order valence-corrected chi connectivity index (χ4v) is 4.54. The Morgan fingerprint density at radius 3 is 2.95 bits per heavy atom. The lowest BCUT2D eigenvalue weighted by atomic mass is 9.89. The summed E-state index contributed by atoms with van der Waals surface area (Å²) in [5, 5.41) is 13.9. The number of ether oxygens (including phenoxy) is 1. The van der Waals surface area contributed by atoms with Crippen LogP contribution in [-0.4, -0.2) is 72.5 Å². The minimum Gasteiger partial charge on any atom is -0.388 e. The molecule has 0 bridgehead atoms. The molecule has 3 unspecified atom stereocenters. The second-order valence-electron chi connectivity index (χ2n) is 6.64. The van der Waals surface area contributed by atoms with Gasteiger partial charge >= 0.3 is 0 Å². The molecule has 0 aromatic heterocycles. The molecule has 2 saturated heterocycles. The molecule has 2 aliphatic rings. The van der Waals surface area contributed by atoms with Gasteiger partial charge in [0.2, 0.25) is 0 Å². The molecule has 0 aromatic rings. The summed E-state index contributed by atoms with van der Waals surface area (Å²) < 4.78 is 6.02. The molecular weight excluding hydrogens is 260 g/mol. The van der Waals surface area contributed by atoms with Crippen molar-refractivity contribution in [3.8, 4) is 0 Å². The van der Waals surface area contributed by atoms with E-state index in [1.807, 2.05) is 37.7 Å².